The van der Waals surface area contributed by atoms with Gasteiger partial charge in [0, 0.05) is 25.9 Å². The van der Waals surface area contributed by atoms with Crippen LogP contribution in [0.25, 0.3) is 0 Å². The van der Waals surface area contributed by atoms with Crippen LogP contribution in [0.3, 0.4) is 0 Å². The third-order valence-corrected chi connectivity index (χ3v) is 1.09. The number of rotatable bonds is 3. The fourth-order valence-corrected chi connectivity index (χ4v) is 0.551. The van der Waals surface area contributed by atoms with Crippen molar-refractivity contribution in [3.8, 4) is 0 Å². The predicted octanol–water partition coefficient (Wildman–Crippen LogP) is 0.509. The van der Waals surface area contributed by atoms with Crippen LogP contribution in [0.5, 0.6) is 0 Å². The minimum absolute atomic E-state index is 0.0214. The molecular formula is C7H12N2O. The van der Waals surface area contributed by atoms with Gasteiger partial charge in [-0.15, -0.1) is 0 Å². The Hall–Kier alpha value is -1.12. The standard InChI is InChI=1S/C7H12N2O/c1-3-7(10)6(4-8)5-9-2/h4-5H,3,8H2,1-2H3. The van der Waals surface area contributed by atoms with Crippen molar-refractivity contribution >= 4 is 12.0 Å². The van der Waals surface area contributed by atoms with Crippen LogP contribution in [-0.4, -0.2) is 19.0 Å². The first-order valence-electron chi connectivity index (χ1n) is 3.13. The number of hydrogen-bond donors (Lipinski definition) is 1. The molecule has 0 radical (unpaired) electrons. The second kappa shape index (κ2) is 4.73. The lowest BCUT2D eigenvalue weighted by atomic mass is 10.1. The SMILES string of the molecule is CCC(=O)C(C=NC)=CN. The molecule has 3 heteroatoms. The topological polar surface area (TPSA) is 55.5 Å². The number of carbonyl (C=O) groups excluding carboxylic acids is 1. The van der Waals surface area contributed by atoms with E-state index in [4.69, 9.17) is 5.73 Å². The Labute approximate surface area is 60.6 Å². The third kappa shape index (κ3) is 2.44. The van der Waals surface area contributed by atoms with Crippen LogP contribution in [0.4, 0.5) is 0 Å². The van der Waals surface area contributed by atoms with E-state index in [2.05, 4.69) is 4.99 Å². The number of hydrogen-bond acceptors (Lipinski definition) is 3. The smallest absolute Gasteiger partial charge is 0.165 e. The molecule has 0 amide bonds. The highest BCUT2D eigenvalue weighted by Crippen LogP contribution is 1.93. The second-order valence-electron chi connectivity index (χ2n) is 1.79. The first-order chi connectivity index (χ1) is 4.76. The number of carbonyl (C=O) groups is 1. The van der Waals surface area contributed by atoms with Crippen LogP contribution in [0.1, 0.15) is 13.3 Å². The molecule has 0 aliphatic rings. The van der Waals surface area contributed by atoms with Gasteiger partial charge in [-0.3, -0.25) is 9.79 Å². The molecule has 0 aliphatic heterocycles. The maximum Gasteiger partial charge on any atom is 0.165 e. The molecule has 0 unspecified atom stereocenters. The van der Waals surface area contributed by atoms with E-state index in [0.717, 1.165) is 0 Å². The quantitative estimate of drug-likeness (QED) is 0.458. The van der Waals surface area contributed by atoms with E-state index in [-0.39, 0.29) is 5.78 Å². The molecule has 0 aromatic rings. The van der Waals surface area contributed by atoms with Gasteiger partial charge in [-0.1, -0.05) is 6.92 Å². The van der Waals surface area contributed by atoms with Gasteiger partial charge >= 0.3 is 0 Å². The van der Waals surface area contributed by atoms with Crippen molar-refractivity contribution in [2.45, 2.75) is 13.3 Å². The van der Waals surface area contributed by atoms with Gasteiger partial charge < -0.3 is 5.73 Å². The summed E-state index contributed by atoms with van der Waals surface area (Å²) >= 11 is 0. The molecule has 0 fully saturated rings. The zero-order valence-corrected chi connectivity index (χ0v) is 6.29. The van der Waals surface area contributed by atoms with E-state index in [0.29, 0.717) is 12.0 Å². The van der Waals surface area contributed by atoms with Crippen LogP contribution in [-0.2, 0) is 4.79 Å². The number of ketones is 1. The van der Waals surface area contributed by atoms with Crippen LogP contribution < -0.4 is 5.73 Å². The molecule has 0 aromatic carbocycles. The zero-order chi connectivity index (χ0) is 7.98. The second-order valence-corrected chi connectivity index (χ2v) is 1.79. The molecule has 2 N–H and O–H groups in total. The zero-order valence-electron chi connectivity index (χ0n) is 6.29. The van der Waals surface area contributed by atoms with Gasteiger partial charge in [0.05, 0.1) is 5.57 Å². The summed E-state index contributed by atoms with van der Waals surface area (Å²) in [6.07, 6.45) is 3.21. The molecule has 0 rings (SSSR count). The molecule has 0 bridgehead atoms. The summed E-state index contributed by atoms with van der Waals surface area (Å²) < 4.78 is 0. The van der Waals surface area contributed by atoms with Crippen molar-refractivity contribution in [1.82, 2.24) is 0 Å². The average molecular weight is 140 g/mol. The van der Waals surface area contributed by atoms with E-state index < -0.39 is 0 Å². The largest absolute Gasteiger partial charge is 0.404 e. The summed E-state index contributed by atoms with van der Waals surface area (Å²) in [5, 5.41) is 0. The van der Waals surface area contributed by atoms with Crippen molar-refractivity contribution in [2.24, 2.45) is 10.7 Å². The summed E-state index contributed by atoms with van der Waals surface area (Å²) in [7, 11) is 1.60. The summed E-state index contributed by atoms with van der Waals surface area (Å²) in [6.45, 7) is 1.79. The Kier molecular flexibility index (Phi) is 4.20. The number of Topliss-reactive ketones (excluding diaryl/α,β-unsaturated/α-hetero) is 1. The number of nitrogens with two attached hydrogens (primary N) is 1. The Morgan fingerprint density at radius 3 is 2.60 bits per heavy atom. The lowest BCUT2D eigenvalue weighted by molar-refractivity contribution is -0.114. The van der Waals surface area contributed by atoms with Crippen LogP contribution in [0, 0.1) is 0 Å². The van der Waals surface area contributed by atoms with Crippen LogP contribution in [0.15, 0.2) is 16.8 Å². The Bertz CT molecular complexity index is 170. The Morgan fingerprint density at radius 1 is 1.70 bits per heavy atom. The molecular weight excluding hydrogens is 128 g/mol. The highest BCUT2D eigenvalue weighted by Gasteiger charge is 2.01. The minimum atomic E-state index is 0.0214. The molecule has 3 nitrogen and oxygen atoms in total. The molecule has 0 aliphatic carbocycles. The van der Waals surface area contributed by atoms with Gasteiger partial charge in [0.15, 0.2) is 5.78 Å². The number of allylic oxidation sites excluding steroid dienone is 1. The predicted molar refractivity (Wildman–Crippen MR) is 42.0 cm³/mol. The molecule has 0 heterocycles. The average Bonchev–Trinajstić information content (AvgIpc) is 1.99. The lowest BCUT2D eigenvalue weighted by Crippen LogP contribution is -2.04. The van der Waals surface area contributed by atoms with Gasteiger partial charge in [-0.25, -0.2) is 0 Å². The highest BCUT2D eigenvalue weighted by atomic mass is 16.1. The van der Waals surface area contributed by atoms with E-state index in [9.17, 15) is 4.79 Å². The molecule has 0 spiro atoms. The van der Waals surface area contributed by atoms with Crippen LogP contribution >= 0.6 is 0 Å². The molecule has 0 saturated heterocycles. The van der Waals surface area contributed by atoms with Crippen molar-refractivity contribution in [3.63, 3.8) is 0 Å². The van der Waals surface area contributed by atoms with Gasteiger partial charge in [0.1, 0.15) is 0 Å². The molecule has 0 aromatic heterocycles. The molecule has 10 heavy (non-hydrogen) atoms. The highest BCUT2D eigenvalue weighted by molar-refractivity contribution is 6.12. The van der Waals surface area contributed by atoms with E-state index in [1.54, 1.807) is 14.0 Å². The summed E-state index contributed by atoms with van der Waals surface area (Å²) in [6, 6.07) is 0. The molecule has 0 saturated carbocycles. The number of aliphatic imine (C=N–C) groups is 1. The maximum absolute atomic E-state index is 10.9. The minimum Gasteiger partial charge on any atom is -0.404 e. The fourth-order valence-electron chi connectivity index (χ4n) is 0.551. The summed E-state index contributed by atoms with van der Waals surface area (Å²) in [5.74, 6) is 0.0214. The molecule has 56 valence electrons. The van der Waals surface area contributed by atoms with Gasteiger partial charge in [-0.2, -0.15) is 0 Å². The normalized spacial score (nSPS) is 12.4. The maximum atomic E-state index is 10.9. The summed E-state index contributed by atoms with van der Waals surface area (Å²) in [4.78, 5) is 14.6. The van der Waals surface area contributed by atoms with E-state index in [1.807, 2.05) is 0 Å². The van der Waals surface area contributed by atoms with Gasteiger partial charge in [-0.05, 0) is 0 Å². The first kappa shape index (κ1) is 8.88. The van der Waals surface area contributed by atoms with E-state index in [1.165, 1.54) is 12.4 Å². The monoisotopic (exact) mass is 140 g/mol. The Morgan fingerprint density at radius 2 is 2.30 bits per heavy atom. The summed E-state index contributed by atoms with van der Waals surface area (Å²) in [5.41, 5.74) is 5.64. The number of nitrogens with zero attached hydrogens (tertiary/aromatic N) is 1. The lowest BCUT2D eigenvalue weighted by Gasteiger charge is -1.93. The molecule has 0 atom stereocenters. The van der Waals surface area contributed by atoms with Gasteiger partial charge in [0.2, 0.25) is 0 Å². The van der Waals surface area contributed by atoms with Crippen molar-refractivity contribution in [3.05, 3.63) is 11.8 Å². The van der Waals surface area contributed by atoms with Crippen LogP contribution in [0.2, 0.25) is 0 Å². The fraction of sp³-hybridized carbons (Fsp3) is 0.429. The Balaban J connectivity index is 4.23. The first-order valence-corrected chi connectivity index (χ1v) is 3.13. The van der Waals surface area contributed by atoms with E-state index >= 15 is 0 Å². The van der Waals surface area contributed by atoms with Crippen molar-refractivity contribution in [1.29, 1.82) is 0 Å². The third-order valence-electron chi connectivity index (χ3n) is 1.09. The van der Waals surface area contributed by atoms with Crippen molar-refractivity contribution < 1.29 is 4.79 Å². The van der Waals surface area contributed by atoms with Gasteiger partial charge in [0.25, 0.3) is 0 Å². The van der Waals surface area contributed by atoms with Crippen molar-refractivity contribution in [2.75, 3.05) is 7.05 Å².